The van der Waals surface area contributed by atoms with E-state index in [0.29, 0.717) is 24.2 Å². The van der Waals surface area contributed by atoms with Crippen LogP contribution in [0.2, 0.25) is 0 Å². The molecule has 0 saturated carbocycles. The normalized spacial score (nSPS) is 18.6. The predicted molar refractivity (Wildman–Crippen MR) is 222 cm³/mol. The number of likely N-dealkylation sites (tertiary alicyclic amines) is 2. The van der Waals surface area contributed by atoms with Crippen LogP contribution in [-0.2, 0) is 51.3 Å². The number of hydrogen-bond acceptors (Lipinski definition) is 10. The van der Waals surface area contributed by atoms with Crippen molar-refractivity contribution in [3.8, 4) is 0 Å². The Labute approximate surface area is 354 Å². The molecule has 2 aliphatic heterocycles. The van der Waals surface area contributed by atoms with Crippen LogP contribution in [0.4, 0.5) is 21.0 Å². The van der Waals surface area contributed by atoms with Crippen molar-refractivity contribution in [1.29, 1.82) is 0 Å². The third-order valence-electron chi connectivity index (χ3n) is 9.56. The molecule has 3 aromatic rings. The number of unbranched alkanes of at least 4 members (excludes halogenated alkanes) is 2. The summed E-state index contributed by atoms with van der Waals surface area (Å²) in [6, 6.07) is 22.7. The number of nitrogens with zero attached hydrogens (tertiary/aromatic N) is 2. The third kappa shape index (κ3) is 13.6. The van der Waals surface area contributed by atoms with E-state index in [-0.39, 0.29) is 52.0 Å². The van der Waals surface area contributed by atoms with Gasteiger partial charge in [-0.15, -0.1) is 0 Å². The Bertz CT molecular complexity index is 1700. The lowest BCUT2D eigenvalue weighted by molar-refractivity contribution is -0.149. The lowest BCUT2D eigenvalue weighted by Gasteiger charge is -2.23. The molecule has 4 atom stereocenters. The molecule has 0 spiro atoms. The Balaban J connectivity index is 1.20. The zero-order valence-corrected chi connectivity index (χ0v) is 35.2. The molecule has 0 unspecified atom stereocenters. The summed E-state index contributed by atoms with van der Waals surface area (Å²) in [5, 5.41) is 7.17. The second-order valence-corrected chi connectivity index (χ2v) is 15.5. The van der Waals surface area contributed by atoms with Crippen molar-refractivity contribution in [2.24, 2.45) is 0 Å². The van der Waals surface area contributed by atoms with Crippen LogP contribution in [0, 0.1) is 0 Å². The second-order valence-electron chi connectivity index (χ2n) is 14.0. The molecule has 0 aliphatic carbocycles. The molecule has 2 heterocycles. The van der Waals surface area contributed by atoms with Crippen LogP contribution < -0.4 is 10.6 Å². The van der Waals surface area contributed by atoms with Gasteiger partial charge in [-0.25, -0.2) is 9.59 Å². The first-order chi connectivity index (χ1) is 28.1. The van der Waals surface area contributed by atoms with Crippen molar-refractivity contribution in [2.75, 3.05) is 34.4 Å². The summed E-state index contributed by atoms with van der Waals surface area (Å²) < 4.78 is 22.4. The van der Waals surface area contributed by atoms with Crippen LogP contribution in [-0.4, -0.2) is 93.8 Å². The van der Waals surface area contributed by atoms with Crippen LogP contribution >= 0.6 is 31.9 Å². The number of rotatable bonds is 18. The first kappa shape index (κ1) is 44.1. The molecular formula is C42H48Br2N4O10. The van der Waals surface area contributed by atoms with Gasteiger partial charge in [0.25, 0.3) is 0 Å². The van der Waals surface area contributed by atoms with Crippen LogP contribution in [0.25, 0.3) is 0 Å². The second kappa shape index (κ2) is 22.8. The van der Waals surface area contributed by atoms with E-state index in [1.165, 1.54) is 9.80 Å². The van der Waals surface area contributed by atoms with E-state index in [2.05, 4.69) is 42.5 Å². The van der Waals surface area contributed by atoms with Crippen LogP contribution in [0.15, 0.2) is 84.9 Å². The number of alkyl halides is 2. The molecule has 5 rings (SSSR count). The number of benzene rings is 3. The van der Waals surface area contributed by atoms with Gasteiger partial charge in [0.1, 0.15) is 37.5 Å². The monoisotopic (exact) mass is 926 g/mol. The SMILES string of the molecule is O=C(CCCCBr)O[C@@H]1C[C@@H](C(=O)Nc2ccc(NC(=O)[C@@H]3C[C@@H](OC(=O)CCCCBr)CN3C(=O)OCc3ccccc3)cc2)N(C(=O)OCc2ccccc2)C1. The molecule has 0 radical (unpaired) electrons. The van der Waals surface area contributed by atoms with Crippen molar-refractivity contribution >= 4 is 79.2 Å². The number of carbonyl (C=O) groups is 6. The summed E-state index contributed by atoms with van der Waals surface area (Å²) in [5.41, 5.74) is 2.33. The molecule has 310 valence electrons. The van der Waals surface area contributed by atoms with Gasteiger partial charge in [0.2, 0.25) is 11.8 Å². The van der Waals surface area contributed by atoms with Crippen molar-refractivity contribution in [1.82, 2.24) is 9.80 Å². The molecule has 3 aromatic carbocycles. The molecule has 2 N–H and O–H groups in total. The standard InChI is InChI=1S/C42H48Br2N4O10/c43-21-9-7-15-37(49)57-33-23-35(47(25-33)41(53)55-27-29-11-3-1-4-12-29)39(51)45-31-17-19-32(20-18-31)46-40(52)36-24-34(58-38(50)16-8-10-22-44)26-48(36)42(54)56-28-30-13-5-2-6-14-30/h1-6,11-14,17-20,33-36H,7-10,15-16,21-28H2,(H,45,51)(H,46,52)/t33-,34-,35+,36+/m1/s1. The molecule has 2 fully saturated rings. The number of amides is 4. The Morgan fingerprint density at radius 1 is 0.552 bits per heavy atom. The molecular weight excluding hydrogens is 880 g/mol. The third-order valence-corrected chi connectivity index (χ3v) is 10.7. The smallest absolute Gasteiger partial charge is 0.410 e. The van der Waals surface area contributed by atoms with E-state index in [1.54, 1.807) is 24.3 Å². The number of esters is 2. The zero-order valence-electron chi connectivity index (χ0n) is 32.0. The highest BCUT2D eigenvalue weighted by Gasteiger charge is 2.43. The van der Waals surface area contributed by atoms with Gasteiger partial charge in [0, 0.05) is 47.7 Å². The highest BCUT2D eigenvalue weighted by atomic mass is 79.9. The number of anilines is 2. The van der Waals surface area contributed by atoms with Gasteiger partial charge in [-0.2, -0.15) is 0 Å². The van der Waals surface area contributed by atoms with Crippen molar-refractivity contribution < 1.29 is 47.7 Å². The zero-order chi connectivity index (χ0) is 41.3. The Hall–Kier alpha value is -4.96. The number of nitrogens with one attached hydrogen (secondary N) is 2. The summed E-state index contributed by atoms with van der Waals surface area (Å²) >= 11 is 6.70. The number of hydrogen-bond donors (Lipinski definition) is 2. The van der Waals surface area contributed by atoms with Crippen LogP contribution in [0.3, 0.4) is 0 Å². The maximum absolute atomic E-state index is 13.6. The fraction of sp³-hybridized carbons (Fsp3) is 0.429. The van der Waals surface area contributed by atoms with Crippen molar-refractivity contribution in [2.45, 2.75) is 88.9 Å². The first-order valence-corrected chi connectivity index (χ1v) is 21.5. The Morgan fingerprint density at radius 3 is 1.29 bits per heavy atom. The minimum Gasteiger partial charge on any atom is -0.460 e. The Kier molecular flexibility index (Phi) is 17.4. The van der Waals surface area contributed by atoms with Gasteiger partial charge in [0.05, 0.1) is 13.1 Å². The lowest BCUT2D eigenvalue weighted by atomic mass is 10.1. The van der Waals surface area contributed by atoms with Gasteiger partial charge in [0.15, 0.2) is 0 Å². The largest absolute Gasteiger partial charge is 0.460 e. The summed E-state index contributed by atoms with van der Waals surface area (Å²) in [6.07, 6.45) is 0.729. The topological polar surface area (TPSA) is 170 Å². The highest BCUT2D eigenvalue weighted by Crippen LogP contribution is 2.27. The average Bonchev–Trinajstić information content (AvgIpc) is 3.85. The van der Waals surface area contributed by atoms with Crippen LogP contribution in [0.5, 0.6) is 0 Å². The van der Waals surface area contributed by atoms with Gasteiger partial charge in [-0.3, -0.25) is 29.0 Å². The number of ether oxygens (including phenoxy) is 4. The molecule has 4 amide bonds. The van der Waals surface area contributed by atoms with Gasteiger partial charge < -0.3 is 29.6 Å². The maximum atomic E-state index is 13.6. The molecule has 58 heavy (non-hydrogen) atoms. The van der Waals surface area contributed by atoms with Crippen molar-refractivity contribution in [3.63, 3.8) is 0 Å². The van der Waals surface area contributed by atoms with E-state index < -0.39 is 60.2 Å². The molecule has 0 aromatic heterocycles. The van der Waals surface area contributed by atoms with E-state index in [9.17, 15) is 28.8 Å². The van der Waals surface area contributed by atoms with E-state index in [0.717, 1.165) is 34.6 Å². The van der Waals surface area contributed by atoms with Gasteiger partial charge >= 0.3 is 24.1 Å². The summed E-state index contributed by atoms with van der Waals surface area (Å²) in [7, 11) is 0. The predicted octanol–water partition coefficient (Wildman–Crippen LogP) is 7.34. The molecule has 16 heteroatoms. The summed E-state index contributed by atoms with van der Waals surface area (Å²) in [6.45, 7) is 0.00328. The van der Waals surface area contributed by atoms with Gasteiger partial charge in [-0.05, 0) is 61.1 Å². The van der Waals surface area contributed by atoms with Crippen molar-refractivity contribution in [3.05, 3.63) is 96.1 Å². The van der Waals surface area contributed by atoms with E-state index in [1.807, 2.05) is 60.7 Å². The van der Waals surface area contributed by atoms with Crippen LogP contribution in [0.1, 0.15) is 62.5 Å². The minimum atomic E-state index is -0.982. The first-order valence-electron chi connectivity index (χ1n) is 19.3. The fourth-order valence-electron chi connectivity index (χ4n) is 6.58. The minimum absolute atomic E-state index is 0.00392. The maximum Gasteiger partial charge on any atom is 0.410 e. The van der Waals surface area contributed by atoms with Gasteiger partial charge in [-0.1, -0.05) is 92.5 Å². The number of halogens is 2. The molecule has 0 bridgehead atoms. The summed E-state index contributed by atoms with van der Waals surface area (Å²) in [5.74, 6) is -1.81. The molecule has 14 nitrogen and oxygen atoms in total. The molecule has 2 saturated heterocycles. The molecule has 2 aliphatic rings. The summed E-state index contributed by atoms with van der Waals surface area (Å²) in [4.78, 5) is 81.4. The highest BCUT2D eigenvalue weighted by molar-refractivity contribution is 9.09. The van der Waals surface area contributed by atoms with E-state index in [4.69, 9.17) is 18.9 Å². The van der Waals surface area contributed by atoms with E-state index >= 15 is 0 Å². The number of carbonyl (C=O) groups excluding carboxylic acids is 6. The Morgan fingerprint density at radius 2 is 0.931 bits per heavy atom. The quantitative estimate of drug-likeness (QED) is 0.0570. The fourth-order valence-corrected chi connectivity index (χ4v) is 7.37. The average molecular weight is 929 g/mol. The lowest BCUT2D eigenvalue weighted by Crippen LogP contribution is -2.43.